The third-order valence-corrected chi connectivity index (χ3v) is 7.23. The van der Waals surface area contributed by atoms with Crippen molar-refractivity contribution in [3.8, 4) is 0 Å². The summed E-state index contributed by atoms with van der Waals surface area (Å²) in [4.78, 5) is 31.4. The summed E-state index contributed by atoms with van der Waals surface area (Å²) in [5, 5.41) is 0.988. The highest BCUT2D eigenvalue weighted by Crippen LogP contribution is 2.32. The number of aromatic nitrogens is 2. The topological polar surface area (TPSA) is 61.2 Å². The highest BCUT2D eigenvalue weighted by atomic mass is 32.2. The fourth-order valence-electron chi connectivity index (χ4n) is 4.39. The number of fused-ring (bicyclic) bond motifs is 2. The van der Waals surface area contributed by atoms with Crippen molar-refractivity contribution in [2.24, 2.45) is 0 Å². The standard InChI is InChI=1S/C24H24N2O3S/c27-22-18-10-2-1-7-16(18)8-5-13-21(22)30-24-25-20-12-4-3-11-19(20)23(28)26(24)15-17-9-6-14-29-17/h1-4,7,10-12,17,21H,5-6,8-9,13-15H2. The minimum atomic E-state index is -0.238. The van der Waals surface area contributed by atoms with Crippen LogP contribution in [0.15, 0.2) is 58.5 Å². The van der Waals surface area contributed by atoms with E-state index in [1.54, 1.807) is 4.57 Å². The molecule has 0 bridgehead atoms. The Labute approximate surface area is 179 Å². The Kier molecular flexibility index (Phi) is 5.44. The fraction of sp³-hybridized carbons (Fsp3) is 0.375. The summed E-state index contributed by atoms with van der Waals surface area (Å²) in [6.45, 7) is 1.22. The summed E-state index contributed by atoms with van der Waals surface area (Å²) in [5.74, 6) is 0.138. The van der Waals surface area contributed by atoms with Crippen molar-refractivity contribution in [2.75, 3.05) is 6.61 Å². The van der Waals surface area contributed by atoms with E-state index in [1.165, 1.54) is 11.8 Å². The first-order valence-corrected chi connectivity index (χ1v) is 11.5. The Morgan fingerprint density at radius 1 is 1.03 bits per heavy atom. The van der Waals surface area contributed by atoms with Gasteiger partial charge in [-0.1, -0.05) is 48.2 Å². The van der Waals surface area contributed by atoms with Crippen molar-refractivity contribution < 1.29 is 9.53 Å². The zero-order valence-corrected chi connectivity index (χ0v) is 17.6. The number of ether oxygens (including phenoxy) is 1. The van der Waals surface area contributed by atoms with E-state index in [1.807, 2.05) is 48.5 Å². The van der Waals surface area contributed by atoms with Crippen LogP contribution in [0.5, 0.6) is 0 Å². The molecule has 1 aromatic heterocycles. The molecule has 0 saturated carbocycles. The second-order valence-corrected chi connectivity index (χ2v) is 9.15. The van der Waals surface area contributed by atoms with E-state index in [0.717, 1.165) is 49.8 Å². The number of Topliss-reactive ketones (excluding diaryl/α,β-unsaturated/α-hetero) is 1. The van der Waals surface area contributed by atoms with Crippen molar-refractivity contribution in [1.82, 2.24) is 9.55 Å². The predicted molar refractivity (Wildman–Crippen MR) is 118 cm³/mol. The number of nitrogens with zero attached hydrogens (tertiary/aromatic N) is 2. The molecule has 0 spiro atoms. The van der Waals surface area contributed by atoms with Crippen LogP contribution in [0.4, 0.5) is 0 Å². The molecule has 0 N–H and O–H groups in total. The number of benzene rings is 2. The lowest BCUT2D eigenvalue weighted by Gasteiger charge is -2.19. The van der Waals surface area contributed by atoms with Gasteiger partial charge in [0, 0.05) is 12.2 Å². The largest absolute Gasteiger partial charge is 0.376 e. The molecule has 0 radical (unpaired) electrons. The maximum Gasteiger partial charge on any atom is 0.262 e. The van der Waals surface area contributed by atoms with Crippen molar-refractivity contribution in [2.45, 2.75) is 55.2 Å². The Morgan fingerprint density at radius 2 is 1.87 bits per heavy atom. The average Bonchev–Trinajstić information content (AvgIpc) is 3.23. The molecule has 5 nitrogen and oxygen atoms in total. The van der Waals surface area contributed by atoms with E-state index in [-0.39, 0.29) is 22.7 Å². The molecular weight excluding hydrogens is 396 g/mol. The van der Waals surface area contributed by atoms with Crippen molar-refractivity contribution >= 4 is 28.4 Å². The molecular formula is C24H24N2O3S. The predicted octanol–water partition coefficient (Wildman–Crippen LogP) is 4.26. The summed E-state index contributed by atoms with van der Waals surface area (Å²) < 4.78 is 7.52. The van der Waals surface area contributed by atoms with Crippen LogP contribution in [0.1, 0.15) is 41.6 Å². The Balaban J connectivity index is 1.54. The molecule has 2 aliphatic rings. The van der Waals surface area contributed by atoms with Crippen LogP contribution in [0.3, 0.4) is 0 Å². The zero-order valence-electron chi connectivity index (χ0n) is 16.8. The molecule has 3 aromatic rings. The smallest absolute Gasteiger partial charge is 0.262 e. The number of carbonyl (C=O) groups excluding carboxylic acids is 1. The summed E-state index contributed by atoms with van der Waals surface area (Å²) in [7, 11) is 0. The first-order valence-electron chi connectivity index (χ1n) is 10.6. The average molecular weight is 421 g/mol. The molecule has 0 amide bonds. The zero-order chi connectivity index (χ0) is 20.5. The molecule has 30 heavy (non-hydrogen) atoms. The van der Waals surface area contributed by atoms with Gasteiger partial charge < -0.3 is 4.74 Å². The van der Waals surface area contributed by atoms with Crippen molar-refractivity contribution in [1.29, 1.82) is 0 Å². The summed E-state index contributed by atoms with van der Waals surface area (Å²) in [5.41, 5.74) is 2.55. The van der Waals surface area contributed by atoms with Crippen LogP contribution in [-0.4, -0.2) is 33.3 Å². The minimum absolute atomic E-state index is 0.0237. The van der Waals surface area contributed by atoms with E-state index in [4.69, 9.17) is 9.72 Å². The molecule has 154 valence electrons. The highest BCUT2D eigenvalue weighted by molar-refractivity contribution is 8.00. The van der Waals surface area contributed by atoms with Crippen LogP contribution >= 0.6 is 11.8 Å². The lowest BCUT2D eigenvalue weighted by atomic mass is 10.0. The first kappa shape index (κ1) is 19.5. The van der Waals surface area contributed by atoms with Gasteiger partial charge in [-0.25, -0.2) is 4.98 Å². The number of para-hydroxylation sites is 1. The highest BCUT2D eigenvalue weighted by Gasteiger charge is 2.29. The quantitative estimate of drug-likeness (QED) is 0.466. The van der Waals surface area contributed by atoms with Crippen LogP contribution in [-0.2, 0) is 17.7 Å². The van der Waals surface area contributed by atoms with Crippen LogP contribution in [0, 0.1) is 0 Å². The molecule has 6 heteroatoms. The van der Waals surface area contributed by atoms with E-state index >= 15 is 0 Å². The lowest BCUT2D eigenvalue weighted by Crippen LogP contribution is -2.30. The second-order valence-electron chi connectivity index (χ2n) is 7.98. The Bertz CT molecular complexity index is 1150. The van der Waals surface area contributed by atoms with E-state index in [9.17, 15) is 9.59 Å². The Morgan fingerprint density at radius 3 is 2.73 bits per heavy atom. The molecule has 5 rings (SSSR count). The molecule has 2 heterocycles. The van der Waals surface area contributed by atoms with Crippen molar-refractivity contribution in [3.05, 3.63) is 70.0 Å². The molecule has 2 aromatic carbocycles. The van der Waals surface area contributed by atoms with Gasteiger partial charge in [-0.3, -0.25) is 14.2 Å². The van der Waals surface area contributed by atoms with E-state index < -0.39 is 0 Å². The van der Waals surface area contributed by atoms with Gasteiger partial charge in [-0.15, -0.1) is 0 Å². The molecule has 2 atom stereocenters. The summed E-state index contributed by atoms with van der Waals surface area (Å²) >= 11 is 1.44. The fourth-order valence-corrected chi connectivity index (χ4v) is 5.60. The van der Waals surface area contributed by atoms with Gasteiger partial charge in [0.25, 0.3) is 5.56 Å². The van der Waals surface area contributed by atoms with Gasteiger partial charge in [-0.2, -0.15) is 0 Å². The summed E-state index contributed by atoms with van der Waals surface area (Å²) in [6.07, 6.45) is 4.62. The first-order chi connectivity index (χ1) is 14.7. The summed E-state index contributed by atoms with van der Waals surface area (Å²) in [6, 6.07) is 15.3. The van der Waals surface area contributed by atoms with Gasteiger partial charge >= 0.3 is 0 Å². The molecule has 1 saturated heterocycles. The van der Waals surface area contributed by atoms with Gasteiger partial charge in [0.2, 0.25) is 0 Å². The maximum absolute atomic E-state index is 13.3. The van der Waals surface area contributed by atoms with Gasteiger partial charge in [0.1, 0.15) is 0 Å². The lowest BCUT2D eigenvalue weighted by molar-refractivity contribution is 0.0937. The van der Waals surface area contributed by atoms with Crippen LogP contribution < -0.4 is 5.56 Å². The maximum atomic E-state index is 13.3. The van der Waals surface area contributed by atoms with Gasteiger partial charge in [0.15, 0.2) is 10.9 Å². The molecule has 1 aliphatic heterocycles. The van der Waals surface area contributed by atoms with Crippen LogP contribution in [0.25, 0.3) is 10.9 Å². The number of hydrogen-bond donors (Lipinski definition) is 0. The van der Waals surface area contributed by atoms with E-state index in [0.29, 0.717) is 22.6 Å². The van der Waals surface area contributed by atoms with E-state index in [2.05, 4.69) is 0 Å². The molecule has 2 unspecified atom stereocenters. The number of rotatable bonds is 4. The number of carbonyl (C=O) groups is 1. The second kappa shape index (κ2) is 8.36. The number of thioether (sulfide) groups is 1. The number of aryl methyl sites for hydroxylation is 1. The SMILES string of the molecule is O=C1c2ccccc2CCCC1Sc1nc2ccccc2c(=O)n1CC1CCCO1. The van der Waals surface area contributed by atoms with Gasteiger partial charge in [-0.05, 0) is 49.8 Å². The third-order valence-electron chi connectivity index (χ3n) is 5.97. The molecule has 1 aliphatic carbocycles. The number of hydrogen-bond acceptors (Lipinski definition) is 5. The minimum Gasteiger partial charge on any atom is -0.376 e. The van der Waals surface area contributed by atoms with Crippen LogP contribution in [0.2, 0.25) is 0 Å². The van der Waals surface area contributed by atoms with Crippen molar-refractivity contribution in [3.63, 3.8) is 0 Å². The normalized spacial score (nSPS) is 21.5. The number of ketones is 1. The third kappa shape index (κ3) is 3.70. The Hall–Kier alpha value is -2.44. The monoisotopic (exact) mass is 420 g/mol. The molecule has 1 fully saturated rings. The van der Waals surface area contributed by atoms with Gasteiger partial charge in [0.05, 0.1) is 28.8 Å².